The second-order valence-corrected chi connectivity index (χ2v) is 7.77. The van der Waals surface area contributed by atoms with Gasteiger partial charge in [0.2, 0.25) is 0 Å². The third-order valence-corrected chi connectivity index (χ3v) is 4.88. The van der Waals surface area contributed by atoms with E-state index in [-0.39, 0.29) is 12.2 Å². The average molecular weight is 268 g/mol. The maximum absolute atomic E-state index is 10.3. The number of ether oxygens (including phenoxy) is 1. The second-order valence-electron chi connectivity index (χ2n) is 7.77. The summed E-state index contributed by atoms with van der Waals surface area (Å²) in [6.07, 6.45) is 10.8. The van der Waals surface area contributed by atoms with Crippen LogP contribution >= 0.6 is 0 Å². The minimum absolute atomic E-state index is 0.0893. The first-order valence-corrected chi connectivity index (χ1v) is 8.30. The summed E-state index contributed by atoms with van der Waals surface area (Å²) in [7, 11) is 0. The van der Waals surface area contributed by atoms with Gasteiger partial charge in [-0.25, -0.2) is 0 Å². The van der Waals surface area contributed by atoms with Crippen LogP contribution in [0.25, 0.3) is 0 Å². The fourth-order valence-corrected chi connectivity index (χ4v) is 4.20. The molecule has 2 aliphatic rings. The number of rotatable bonds is 2. The van der Waals surface area contributed by atoms with Crippen molar-refractivity contribution in [3.8, 4) is 0 Å². The largest absolute Gasteiger partial charge is 0.390 e. The molecular weight excluding hydrogens is 236 g/mol. The van der Waals surface area contributed by atoms with Gasteiger partial charge >= 0.3 is 0 Å². The lowest BCUT2D eigenvalue weighted by Crippen LogP contribution is -2.39. The van der Waals surface area contributed by atoms with Gasteiger partial charge in [-0.1, -0.05) is 46.5 Å². The monoisotopic (exact) mass is 268 g/mol. The van der Waals surface area contributed by atoms with Crippen molar-refractivity contribution >= 4 is 0 Å². The predicted molar refractivity (Wildman–Crippen MR) is 79.2 cm³/mol. The Morgan fingerprint density at radius 2 is 1.68 bits per heavy atom. The Hall–Kier alpha value is -0.0800. The van der Waals surface area contributed by atoms with Crippen LogP contribution in [0.1, 0.15) is 78.6 Å². The van der Waals surface area contributed by atoms with Crippen LogP contribution < -0.4 is 0 Å². The molecule has 2 fully saturated rings. The smallest absolute Gasteiger partial charge is 0.0837 e. The Labute approximate surface area is 118 Å². The van der Waals surface area contributed by atoms with E-state index >= 15 is 0 Å². The van der Waals surface area contributed by atoms with Crippen LogP contribution in [0.2, 0.25) is 0 Å². The molecule has 4 atom stereocenters. The van der Waals surface area contributed by atoms with Crippen molar-refractivity contribution in [1.29, 1.82) is 0 Å². The van der Waals surface area contributed by atoms with E-state index in [9.17, 15) is 5.11 Å². The molecule has 0 spiro atoms. The van der Waals surface area contributed by atoms with Crippen molar-refractivity contribution in [1.82, 2.24) is 0 Å². The van der Waals surface area contributed by atoms with Gasteiger partial charge in [-0.15, -0.1) is 0 Å². The molecule has 2 rings (SSSR count). The molecule has 0 heterocycles. The standard InChI is InChI=1S/C17H32O2/c1-13-10-14(12-17(2,3)11-13)19-16-9-7-5-4-6-8-15(16)18/h13-16,18H,4-12H2,1-3H3. The van der Waals surface area contributed by atoms with Gasteiger partial charge in [0.1, 0.15) is 0 Å². The normalized spacial score (nSPS) is 40.4. The highest BCUT2D eigenvalue weighted by Crippen LogP contribution is 2.40. The quantitative estimate of drug-likeness (QED) is 0.809. The Morgan fingerprint density at radius 1 is 1.00 bits per heavy atom. The molecule has 0 bridgehead atoms. The van der Waals surface area contributed by atoms with Crippen LogP contribution in [0.3, 0.4) is 0 Å². The summed E-state index contributed by atoms with van der Waals surface area (Å²) in [6, 6.07) is 0. The second kappa shape index (κ2) is 6.58. The maximum Gasteiger partial charge on any atom is 0.0837 e. The van der Waals surface area contributed by atoms with E-state index in [0.29, 0.717) is 11.5 Å². The van der Waals surface area contributed by atoms with Crippen molar-refractivity contribution in [2.45, 2.75) is 96.9 Å². The molecule has 0 aliphatic heterocycles. The van der Waals surface area contributed by atoms with Gasteiger partial charge in [0.25, 0.3) is 0 Å². The molecule has 2 saturated carbocycles. The zero-order valence-corrected chi connectivity index (χ0v) is 13.0. The number of aliphatic hydroxyl groups excluding tert-OH is 1. The summed E-state index contributed by atoms with van der Waals surface area (Å²) < 4.78 is 6.34. The Morgan fingerprint density at radius 3 is 2.37 bits per heavy atom. The van der Waals surface area contributed by atoms with Crippen LogP contribution in [0, 0.1) is 11.3 Å². The molecule has 19 heavy (non-hydrogen) atoms. The van der Waals surface area contributed by atoms with E-state index in [0.717, 1.165) is 31.6 Å². The summed E-state index contributed by atoms with van der Waals surface area (Å²) >= 11 is 0. The number of aliphatic hydroxyl groups is 1. The third-order valence-electron chi connectivity index (χ3n) is 4.88. The van der Waals surface area contributed by atoms with Gasteiger partial charge < -0.3 is 9.84 Å². The predicted octanol–water partition coefficient (Wildman–Crippen LogP) is 4.30. The summed E-state index contributed by atoms with van der Waals surface area (Å²) in [6.45, 7) is 7.05. The van der Waals surface area contributed by atoms with Gasteiger partial charge in [-0.2, -0.15) is 0 Å². The van der Waals surface area contributed by atoms with Crippen molar-refractivity contribution in [2.24, 2.45) is 11.3 Å². The van der Waals surface area contributed by atoms with Crippen molar-refractivity contribution in [2.75, 3.05) is 0 Å². The van der Waals surface area contributed by atoms with Crippen LogP contribution in [0.4, 0.5) is 0 Å². The van der Waals surface area contributed by atoms with E-state index in [1.807, 2.05) is 0 Å². The molecule has 2 aliphatic carbocycles. The van der Waals surface area contributed by atoms with E-state index in [4.69, 9.17) is 4.74 Å². The summed E-state index contributed by atoms with van der Waals surface area (Å²) in [4.78, 5) is 0. The molecule has 0 radical (unpaired) electrons. The number of hydrogen-bond acceptors (Lipinski definition) is 2. The first kappa shape index (κ1) is 15.3. The van der Waals surface area contributed by atoms with Gasteiger partial charge in [0, 0.05) is 0 Å². The molecule has 0 aromatic heterocycles. The van der Waals surface area contributed by atoms with Crippen LogP contribution in [0.15, 0.2) is 0 Å². The van der Waals surface area contributed by atoms with Gasteiger partial charge in [0.15, 0.2) is 0 Å². The van der Waals surface area contributed by atoms with E-state index < -0.39 is 0 Å². The van der Waals surface area contributed by atoms with E-state index in [1.54, 1.807) is 0 Å². The maximum atomic E-state index is 10.3. The average Bonchev–Trinajstić information content (AvgIpc) is 2.26. The van der Waals surface area contributed by atoms with Gasteiger partial charge in [0.05, 0.1) is 18.3 Å². The Bertz CT molecular complexity index is 274. The third kappa shape index (κ3) is 4.75. The minimum Gasteiger partial charge on any atom is -0.390 e. The fraction of sp³-hybridized carbons (Fsp3) is 1.00. The molecule has 1 N–H and O–H groups in total. The van der Waals surface area contributed by atoms with Crippen molar-refractivity contribution in [3.63, 3.8) is 0 Å². The SMILES string of the molecule is CC1CC(OC2CCCCCCC2O)CC(C)(C)C1. The Balaban J connectivity index is 1.90. The highest BCUT2D eigenvalue weighted by Gasteiger charge is 2.34. The molecule has 2 heteroatoms. The lowest BCUT2D eigenvalue weighted by Gasteiger charge is -2.41. The van der Waals surface area contributed by atoms with Gasteiger partial charge in [-0.05, 0) is 43.4 Å². The zero-order valence-electron chi connectivity index (χ0n) is 13.0. The molecule has 0 aromatic carbocycles. The van der Waals surface area contributed by atoms with E-state index in [1.165, 1.54) is 32.1 Å². The van der Waals surface area contributed by atoms with Crippen molar-refractivity contribution < 1.29 is 9.84 Å². The molecule has 2 nitrogen and oxygen atoms in total. The lowest BCUT2D eigenvalue weighted by molar-refractivity contribution is -0.115. The fourth-order valence-electron chi connectivity index (χ4n) is 4.20. The molecule has 112 valence electrons. The molecular formula is C17H32O2. The lowest BCUT2D eigenvalue weighted by atomic mass is 9.71. The Kier molecular flexibility index (Phi) is 5.30. The molecule has 0 saturated heterocycles. The van der Waals surface area contributed by atoms with Crippen molar-refractivity contribution in [3.05, 3.63) is 0 Å². The van der Waals surface area contributed by atoms with Crippen LogP contribution in [-0.4, -0.2) is 23.4 Å². The highest BCUT2D eigenvalue weighted by atomic mass is 16.5. The molecule has 0 amide bonds. The number of hydrogen-bond donors (Lipinski definition) is 1. The first-order chi connectivity index (χ1) is 8.96. The molecule has 0 aromatic rings. The van der Waals surface area contributed by atoms with E-state index in [2.05, 4.69) is 20.8 Å². The minimum atomic E-state index is -0.236. The highest BCUT2D eigenvalue weighted by molar-refractivity contribution is 4.85. The summed E-state index contributed by atoms with van der Waals surface area (Å²) in [5.74, 6) is 0.749. The topological polar surface area (TPSA) is 29.5 Å². The first-order valence-electron chi connectivity index (χ1n) is 8.30. The molecule has 4 unspecified atom stereocenters. The van der Waals surface area contributed by atoms with Crippen LogP contribution in [-0.2, 0) is 4.74 Å². The van der Waals surface area contributed by atoms with Crippen LogP contribution in [0.5, 0.6) is 0 Å². The summed E-state index contributed by atoms with van der Waals surface area (Å²) in [5, 5.41) is 10.3. The zero-order chi connectivity index (χ0) is 13.9. The summed E-state index contributed by atoms with van der Waals surface area (Å²) in [5.41, 5.74) is 0.398. The van der Waals surface area contributed by atoms with Gasteiger partial charge in [-0.3, -0.25) is 0 Å².